The molecule has 0 aliphatic carbocycles. The molecule has 0 saturated carbocycles. The van der Waals surface area contributed by atoms with E-state index in [4.69, 9.17) is 10.5 Å². The topological polar surface area (TPSA) is 76.4 Å². The molecule has 106 valence electrons. The van der Waals surface area contributed by atoms with Gasteiger partial charge in [-0.1, -0.05) is 6.92 Å². The molecule has 4 N–H and O–H groups in total. The van der Waals surface area contributed by atoms with Crippen molar-refractivity contribution in [1.29, 1.82) is 0 Å². The largest absolute Gasteiger partial charge is 0.397 e. The highest BCUT2D eigenvalue weighted by Crippen LogP contribution is 2.30. The molecule has 1 saturated heterocycles. The Morgan fingerprint density at radius 1 is 1.63 bits per heavy atom. The van der Waals surface area contributed by atoms with Crippen molar-refractivity contribution < 1.29 is 9.53 Å². The van der Waals surface area contributed by atoms with Crippen LogP contribution in [-0.2, 0) is 4.74 Å². The first kappa shape index (κ1) is 14.1. The third-order valence-electron chi connectivity index (χ3n) is 3.48. The van der Waals surface area contributed by atoms with Gasteiger partial charge in [-0.15, -0.1) is 11.3 Å². The van der Waals surface area contributed by atoms with Gasteiger partial charge in [0, 0.05) is 26.1 Å². The summed E-state index contributed by atoms with van der Waals surface area (Å²) in [5.41, 5.74) is 6.37. The van der Waals surface area contributed by atoms with Crippen LogP contribution in [0.1, 0.15) is 29.4 Å². The van der Waals surface area contributed by atoms with Gasteiger partial charge in [-0.25, -0.2) is 0 Å². The number of amides is 1. The molecule has 2 heterocycles. The van der Waals surface area contributed by atoms with Gasteiger partial charge in [-0.05, 0) is 18.9 Å². The number of carbonyl (C=O) groups is 1. The van der Waals surface area contributed by atoms with Gasteiger partial charge in [-0.3, -0.25) is 4.79 Å². The zero-order valence-corrected chi connectivity index (χ0v) is 12.2. The maximum atomic E-state index is 11.6. The fraction of sp³-hybridized carbons (Fsp3) is 0.615. The molecular weight excluding hydrogens is 262 g/mol. The molecule has 1 aliphatic heterocycles. The van der Waals surface area contributed by atoms with Gasteiger partial charge in [0.15, 0.2) is 0 Å². The van der Waals surface area contributed by atoms with Crippen molar-refractivity contribution in [3.63, 3.8) is 0 Å². The summed E-state index contributed by atoms with van der Waals surface area (Å²) < 4.78 is 5.66. The number of anilines is 2. The molecule has 19 heavy (non-hydrogen) atoms. The Labute approximate surface area is 117 Å². The fourth-order valence-electron chi connectivity index (χ4n) is 2.39. The number of hydrogen-bond donors (Lipinski definition) is 3. The summed E-state index contributed by atoms with van der Waals surface area (Å²) in [5, 5.41) is 6.90. The first-order valence-electron chi connectivity index (χ1n) is 6.62. The van der Waals surface area contributed by atoms with Gasteiger partial charge in [0.1, 0.15) is 4.88 Å². The number of thiophene rings is 1. The van der Waals surface area contributed by atoms with E-state index in [0.717, 1.165) is 31.0 Å². The molecule has 1 aromatic heterocycles. The molecule has 2 rings (SSSR count). The molecule has 1 aliphatic rings. The summed E-state index contributed by atoms with van der Waals surface area (Å²) in [4.78, 5) is 12.1. The fourth-order valence-corrected chi connectivity index (χ4v) is 3.33. The summed E-state index contributed by atoms with van der Waals surface area (Å²) in [6.45, 7) is 3.86. The first-order chi connectivity index (χ1) is 9.15. The molecule has 6 heteroatoms. The van der Waals surface area contributed by atoms with Crippen molar-refractivity contribution in [1.82, 2.24) is 5.32 Å². The van der Waals surface area contributed by atoms with E-state index in [9.17, 15) is 4.79 Å². The minimum absolute atomic E-state index is 0.133. The lowest BCUT2D eigenvalue weighted by Crippen LogP contribution is -2.22. The zero-order valence-electron chi connectivity index (χ0n) is 11.4. The molecule has 2 unspecified atom stereocenters. The highest BCUT2D eigenvalue weighted by Gasteiger charge is 2.26. The van der Waals surface area contributed by atoms with Crippen LogP contribution in [0.5, 0.6) is 0 Å². The molecule has 0 bridgehead atoms. The van der Waals surface area contributed by atoms with Gasteiger partial charge < -0.3 is 21.1 Å². The number of carbonyl (C=O) groups excluding carboxylic acids is 1. The van der Waals surface area contributed by atoms with Crippen molar-refractivity contribution in [3.8, 4) is 0 Å². The number of nitrogens with two attached hydrogens (primary N) is 1. The maximum absolute atomic E-state index is 11.6. The molecule has 0 aromatic carbocycles. The normalized spacial score (nSPS) is 22.4. The van der Waals surface area contributed by atoms with Crippen molar-refractivity contribution >= 4 is 27.9 Å². The highest BCUT2D eigenvalue weighted by atomic mass is 32.1. The molecule has 1 aromatic rings. The second kappa shape index (κ2) is 6.25. The predicted molar refractivity (Wildman–Crippen MR) is 78.7 cm³/mol. The third-order valence-corrected chi connectivity index (χ3v) is 4.59. The summed E-state index contributed by atoms with van der Waals surface area (Å²) in [6, 6.07) is 1.83. The van der Waals surface area contributed by atoms with Gasteiger partial charge >= 0.3 is 0 Å². The lowest BCUT2D eigenvalue weighted by Gasteiger charge is -2.17. The van der Waals surface area contributed by atoms with E-state index in [1.54, 1.807) is 7.05 Å². The van der Waals surface area contributed by atoms with Crippen molar-refractivity contribution in [2.75, 3.05) is 31.2 Å². The van der Waals surface area contributed by atoms with Crippen LogP contribution in [0.15, 0.2) is 6.07 Å². The van der Waals surface area contributed by atoms with Crippen LogP contribution < -0.4 is 16.4 Å². The molecule has 1 amide bonds. The average Bonchev–Trinajstić information content (AvgIpc) is 3.01. The Hall–Kier alpha value is -1.27. The number of nitrogens with one attached hydrogen (secondary N) is 2. The second-order valence-electron chi connectivity index (χ2n) is 4.72. The van der Waals surface area contributed by atoms with Crippen LogP contribution in [-0.4, -0.2) is 32.2 Å². The van der Waals surface area contributed by atoms with E-state index in [2.05, 4.69) is 17.6 Å². The Morgan fingerprint density at radius 2 is 2.42 bits per heavy atom. The molecule has 5 nitrogen and oxygen atoms in total. The number of nitrogen functional groups attached to an aromatic ring is 1. The Balaban J connectivity index is 1.95. The quantitative estimate of drug-likeness (QED) is 0.771. The number of rotatable bonds is 5. The van der Waals surface area contributed by atoms with E-state index in [-0.39, 0.29) is 5.91 Å². The molecule has 0 spiro atoms. The standard InChI is InChI=1S/C13H21N3O2S/c1-3-10-8(4-5-18-10)7-16-11-6-9(14)12(19-11)13(17)15-2/h6,8,10,16H,3-5,7,14H2,1-2H3,(H,15,17). The van der Waals surface area contributed by atoms with Crippen molar-refractivity contribution in [2.45, 2.75) is 25.9 Å². The monoisotopic (exact) mass is 283 g/mol. The Kier molecular flexibility index (Phi) is 4.66. The van der Waals surface area contributed by atoms with Crippen molar-refractivity contribution in [2.24, 2.45) is 5.92 Å². The van der Waals surface area contributed by atoms with Crippen LogP contribution >= 0.6 is 11.3 Å². The average molecular weight is 283 g/mol. The molecule has 1 fully saturated rings. The first-order valence-corrected chi connectivity index (χ1v) is 7.44. The van der Waals surface area contributed by atoms with Gasteiger partial charge in [-0.2, -0.15) is 0 Å². The van der Waals surface area contributed by atoms with Gasteiger partial charge in [0.05, 0.1) is 16.8 Å². The van der Waals surface area contributed by atoms with Crippen LogP contribution in [0, 0.1) is 5.92 Å². The number of hydrogen-bond acceptors (Lipinski definition) is 5. The summed E-state index contributed by atoms with van der Waals surface area (Å²) >= 11 is 1.40. The Morgan fingerprint density at radius 3 is 3.11 bits per heavy atom. The van der Waals surface area contributed by atoms with Gasteiger partial charge in [0.25, 0.3) is 5.91 Å². The Bertz CT molecular complexity index is 447. The molecular formula is C13H21N3O2S. The van der Waals surface area contributed by atoms with Crippen molar-refractivity contribution in [3.05, 3.63) is 10.9 Å². The predicted octanol–water partition coefficient (Wildman–Crippen LogP) is 1.92. The van der Waals surface area contributed by atoms with E-state index < -0.39 is 0 Å². The maximum Gasteiger partial charge on any atom is 0.263 e. The smallest absolute Gasteiger partial charge is 0.263 e. The van der Waals surface area contributed by atoms with E-state index in [1.807, 2.05) is 6.07 Å². The lowest BCUT2D eigenvalue weighted by molar-refractivity contribution is 0.0900. The summed E-state index contributed by atoms with van der Waals surface area (Å²) in [6.07, 6.45) is 2.49. The molecule has 2 atom stereocenters. The van der Waals surface area contributed by atoms with E-state index in [0.29, 0.717) is 22.6 Å². The minimum atomic E-state index is -0.133. The van der Waals surface area contributed by atoms with E-state index in [1.165, 1.54) is 11.3 Å². The summed E-state index contributed by atoms with van der Waals surface area (Å²) in [5.74, 6) is 0.406. The highest BCUT2D eigenvalue weighted by molar-refractivity contribution is 7.18. The zero-order chi connectivity index (χ0) is 13.8. The molecule has 0 radical (unpaired) electrons. The summed E-state index contributed by atoms with van der Waals surface area (Å²) in [7, 11) is 1.61. The lowest BCUT2D eigenvalue weighted by atomic mass is 10.00. The van der Waals surface area contributed by atoms with Crippen LogP contribution in [0.3, 0.4) is 0 Å². The van der Waals surface area contributed by atoms with Crippen LogP contribution in [0.2, 0.25) is 0 Å². The minimum Gasteiger partial charge on any atom is -0.397 e. The number of ether oxygens (including phenoxy) is 1. The van der Waals surface area contributed by atoms with E-state index >= 15 is 0 Å². The SMILES string of the molecule is CCC1OCCC1CNc1cc(N)c(C(=O)NC)s1. The second-order valence-corrected chi connectivity index (χ2v) is 5.77. The third kappa shape index (κ3) is 3.19. The van der Waals surface area contributed by atoms with Crippen LogP contribution in [0.4, 0.5) is 10.7 Å². The van der Waals surface area contributed by atoms with Crippen LogP contribution in [0.25, 0.3) is 0 Å². The van der Waals surface area contributed by atoms with Gasteiger partial charge in [0.2, 0.25) is 0 Å².